The van der Waals surface area contributed by atoms with Gasteiger partial charge in [0.2, 0.25) is 29.5 Å². The Kier molecular flexibility index (Phi) is 11.8. The summed E-state index contributed by atoms with van der Waals surface area (Å²) in [5.74, 6) is -1.79. The summed E-state index contributed by atoms with van der Waals surface area (Å²) < 4.78 is 1.61. The number of carbonyl (C=O) groups is 5. The fourth-order valence-electron chi connectivity index (χ4n) is 6.29. The second-order valence-electron chi connectivity index (χ2n) is 12.2. The lowest BCUT2D eigenvalue weighted by Gasteiger charge is -2.39. The quantitative estimate of drug-likeness (QED) is 0.280. The minimum absolute atomic E-state index is 0.0477. The molecule has 3 heterocycles. The standard InChI is InChI=1S/C33H48N6O6/c1-5-21(2)29-33(44)38-18-12-11-16-27(38)32(43)35-24(14-7-6-8-17-28(40)34-3)30(41)36-25(31(42)37-29)19-22-20-39(45-4)26-15-10-9-13-23(22)26/h9-10,13,15,20-21,24-25,27,29H,5-8,11-12,14,16-19H2,1-4H3,(H,34,40)(H,35,43)(H,36,41)(H,37,42)/t21-,24-,25-,27+,29-/m0/s1. The molecule has 1 aromatic carbocycles. The van der Waals surface area contributed by atoms with Gasteiger partial charge in [-0.2, -0.15) is 4.73 Å². The van der Waals surface area contributed by atoms with Crippen LogP contribution in [0.1, 0.15) is 77.2 Å². The number of hydrogen-bond acceptors (Lipinski definition) is 6. The molecule has 5 atom stereocenters. The highest BCUT2D eigenvalue weighted by atomic mass is 16.6. The third-order valence-corrected chi connectivity index (χ3v) is 9.19. The van der Waals surface area contributed by atoms with Gasteiger partial charge in [-0.15, -0.1) is 0 Å². The first kappa shape index (κ1) is 33.8. The van der Waals surface area contributed by atoms with E-state index in [9.17, 15) is 24.0 Å². The Labute approximate surface area is 264 Å². The Balaban J connectivity index is 1.66. The molecule has 0 radical (unpaired) electrons. The zero-order valence-electron chi connectivity index (χ0n) is 26.9. The van der Waals surface area contributed by atoms with Crippen LogP contribution in [0.2, 0.25) is 0 Å². The lowest BCUT2D eigenvalue weighted by Crippen LogP contribution is -2.64. The van der Waals surface area contributed by atoms with Crippen LogP contribution in [-0.2, 0) is 30.4 Å². The number of carbonyl (C=O) groups excluding carboxylic acids is 5. The van der Waals surface area contributed by atoms with Crippen LogP contribution in [-0.4, -0.2) is 84.0 Å². The van der Waals surface area contributed by atoms with E-state index in [2.05, 4.69) is 21.3 Å². The van der Waals surface area contributed by atoms with Crippen LogP contribution in [0.5, 0.6) is 0 Å². The van der Waals surface area contributed by atoms with E-state index in [0.717, 1.165) is 29.3 Å². The summed E-state index contributed by atoms with van der Waals surface area (Å²) in [5, 5.41) is 12.3. The summed E-state index contributed by atoms with van der Waals surface area (Å²) in [7, 11) is 3.15. The molecule has 0 unspecified atom stereocenters. The van der Waals surface area contributed by atoms with E-state index < -0.39 is 36.0 Å². The summed E-state index contributed by atoms with van der Waals surface area (Å²) in [6.07, 6.45) is 7.28. The minimum Gasteiger partial charge on any atom is -0.417 e. The van der Waals surface area contributed by atoms with Crippen molar-refractivity contribution in [2.24, 2.45) is 5.92 Å². The molecule has 2 aromatic rings. The number of benzene rings is 1. The number of amides is 5. The average Bonchev–Trinajstić information content (AvgIpc) is 3.41. The van der Waals surface area contributed by atoms with Crippen molar-refractivity contribution in [3.8, 4) is 0 Å². The Morgan fingerprint density at radius 3 is 2.47 bits per heavy atom. The first-order valence-corrected chi connectivity index (χ1v) is 16.2. The zero-order chi connectivity index (χ0) is 32.5. The van der Waals surface area contributed by atoms with E-state index in [1.54, 1.807) is 30.0 Å². The van der Waals surface area contributed by atoms with Gasteiger partial charge < -0.3 is 31.0 Å². The van der Waals surface area contributed by atoms with E-state index in [4.69, 9.17) is 4.84 Å². The highest BCUT2D eigenvalue weighted by molar-refractivity contribution is 5.98. The van der Waals surface area contributed by atoms with Crippen molar-refractivity contribution < 1.29 is 28.8 Å². The number of hydrogen-bond donors (Lipinski definition) is 4. The second-order valence-corrected chi connectivity index (χ2v) is 12.2. The first-order chi connectivity index (χ1) is 21.7. The highest BCUT2D eigenvalue weighted by Gasteiger charge is 2.40. The summed E-state index contributed by atoms with van der Waals surface area (Å²) in [6, 6.07) is 4.15. The molecule has 45 heavy (non-hydrogen) atoms. The van der Waals surface area contributed by atoms with Crippen LogP contribution in [0.15, 0.2) is 30.5 Å². The normalized spacial score (nSPS) is 23.6. The van der Waals surface area contributed by atoms with Gasteiger partial charge in [0.05, 0.1) is 5.52 Å². The predicted molar refractivity (Wildman–Crippen MR) is 170 cm³/mol. The average molecular weight is 625 g/mol. The van der Waals surface area contributed by atoms with Crippen molar-refractivity contribution in [1.82, 2.24) is 30.9 Å². The number of rotatable bonds is 11. The van der Waals surface area contributed by atoms with Crippen molar-refractivity contribution in [1.29, 1.82) is 0 Å². The fraction of sp³-hybridized carbons (Fsp3) is 0.606. The van der Waals surface area contributed by atoms with Crippen molar-refractivity contribution in [3.05, 3.63) is 36.0 Å². The number of aromatic nitrogens is 1. The lowest BCUT2D eigenvalue weighted by molar-refractivity contribution is -0.147. The van der Waals surface area contributed by atoms with Gasteiger partial charge >= 0.3 is 0 Å². The molecule has 0 bridgehead atoms. The van der Waals surface area contributed by atoms with Crippen LogP contribution in [0.4, 0.5) is 0 Å². The molecule has 2 saturated heterocycles. The number of unbranched alkanes of at least 4 members (excludes halogenated alkanes) is 2. The highest BCUT2D eigenvalue weighted by Crippen LogP contribution is 2.24. The molecule has 0 aliphatic carbocycles. The maximum atomic E-state index is 14.0. The maximum Gasteiger partial charge on any atom is 0.246 e. The number of fused-ring (bicyclic) bond motifs is 2. The van der Waals surface area contributed by atoms with Gasteiger partial charge in [-0.1, -0.05) is 51.3 Å². The molecule has 4 rings (SSSR count). The van der Waals surface area contributed by atoms with E-state index in [0.29, 0.717) is 51.5 Å². The SMILES string of the molecule is CC[C@H](C)[C@@H]1NC(=O)[C@H](Cc2cn(OC)c3ccccc23)NC(=O)[C@H](CCCCCC(=O)NC)NC(=O)[C@H]2CCCCN2C1=O. The van der Waals surface area contributed by atoms with Crippen LogP contribution in [0.25, 0.3) is 10.9 Å². The van der Waals surface area contributed by atoms with Crippen LogP contribution in [0, 0.1) is 5.92 Å². The predicted octanol–water partition coefficient (Wildman–Crippen LogP) is 1.83. The molecule has 2 aliphatic rings. The monoisotopic (exact) mass is 624 g/mol. The number of piperidine rings is 1. The van der Waals surface area contributed by atoms with Crippen molar-refractivity contribution in [2.75, 3.05) is 20.7 Å². The third kappa shape index (κ3) is 8.15. The Morgan fingerprint density at radius 1 is 1.00 bits per heavy atom. The lowest BCUT2D eigenvalue weighted by atomic mass is 9.93. The van der Waals surface area contributed by atoms with Gasteiger partial charge in [0.15, 0.2) is 0 Å². The number of nitrogens with zero attached hydrogens (tertiary/aromatic N) is 2. The van der Waals surface area contributed by atoms with Gasteiger partial charge in [-0.25, -0.2) is 0 Å². The molecule has 0 spiro atoms. The molecule has 12 nitrogen and oxygen atoms in total. The summed E-state index contributed by atoms with van der Waals surface area (Å²) in [5.41, 5.74) is 1.61. The number of para-hydroxylation sites is 1. The summed E-state index contributed by atoms with van der Waals surface area (Å²) in [4.78, 5) is 74.4. The van der Waals surface area contributed by atoms with E-state index in [1.165, 1.54) is 0 Å². The smallest absolute Gasteiger partial charge is 0.246 e. The fourth-order valence-corrected chi connectivity index (χ4v) is 6.29. The first-order valence-electron chi connectivity index (χ1n) is 16.2. The third-order valence-electron chi connectivity index (χ3n) is 9.19. The van der Waals surface area contributed by atoms with Gasteiger partial charge in [0.1, 0.15) is 31.3 Å². The van der Waals surface area contributed by atoms with Crippen LogP contribution < -0.4 is 26.1 Å². The van der Waals surface area contributed by atoms with E-state index in [1.807, 2.05) is 38.1 Å². The van der Waals surface area contributed by atoms with Crippen LogP contribution in [0.3, 0.4) is 0 Å². The van der Waals surface area contributed by atoms with Gasteiger partial charge in [0, 0.05) is 38.0 Å². The van der Waals surface area contributed by atoms with E-state index in [-0.39, 0.29) is 30.1 Å². The molecule has 4 N–H and O–H groups in total. The molecule has 0 saturated carbocycles. The molecule has 12 heteroatoms. The maximum absolute atomic E-state index is 14.0. The second kappa shape index (κ2) is 15.8. The summed E-state index contributed by atoms with van der Waals surface area (Å²) in [6.45, 7) is 4.28. The molecule has 2 aliphatic heterocycles. The zero-order valence-corrected chi connectivity index (χ0v) is 26.9. The Morgan fingerprint density at radius 2 is 1.73 bits per heavy atom. The number of nitrogens with one attached hydrogen (secondary N) is 4. The molecular formula is C33H48N6O6. The topological polar surface area (TPSA) is 151 Å². The van der Waals surface area contributed by atoms with Gasteiger partial charge in [0.25, 0.3) is 0 Å². The van der Waals surface area contributed by atoms with Gasteiger partial charge in [-0.05, 0) is 49.7 Å². The molecule has 5 amide bonds. The largest absolute Gasteiger partial charge is 0.417 e. The van der Waals surface area contributed by atoms with Crippen molar-refractivity contribution in [2.45, 2.75) is 102 Å². The molecule has 1 aromatic heterocycles. The van der Waals surface area contributed by atoms with Gasteiger partial charge in [-0.3, -0.25) is 24.0 Å². The minimum atomic E-state index is -1.02. The molecule has 2 fully saturated rings. The van der Waals surface area contributed by atoms with Crippen LogP contribution >= 0.6 is 0 Å². The molecule has 246 valence electrons. The Bertz CT molecular complexity index is 1370. The van der Waals surface area contributed by atoms with E-state index >= 15 is 0 Å². The van der Waals surface area contributed by atoms with Crippen molar-refractivity contribution in [3.63, 3.8) is 0 Å². The molecular weight excluding hydrogens is 576 g/mol. The van der Waals surface area contributed by atoms with Crippen molar-refractivity contribution >= 4 is 40.4 Å². The Hall–Kier alpha value is -4.09. The summed E-state index contributed by atoms with van der Waals surface area (Å²) >= 11 is 0.